The largest absolute Gasteiger partial charge is 0.288 e. The molecule has 0 aromatic heterocycles. The summed E-state index contributed by atoms with van der Waals surface area (Å²) >= 11 is 0. The highest BCUT2D eigenvalue weighted by Crippen LogP contribution is 2.22. The van der Waals surface area contributed by atoms with E-state index in [1.165, 1.54) is 33.4 Å². The summed E-state index contributed by atoms with van der Waals surface area (Å²) in [6.07, 6.45) is 6.89. The molecule has 0 saturated heterocycles. The predicted octanol–water partition coefficient (Wildman–Crippen LogP) is 10.2. The molecule has 0 aliphatic rings. The van der Waals surface area contributed by atoms with E-state index in [9.17, 15) is 0 Å². The first-order chi connectivity index (χ1) is 23.8. The maximum absolute atomic E-state index is 2.65. The molecule has 6 aromatic carbocycles. The number of hydrogen-bond acceptors (Lipinski definition) is 2. The Morgan fingerprint density at radius 2 is 0.500 bits per heavy atom. The second-order valence-electron chi connectivity index (χ2n) is 12.7. The Bertz CT molecular complexity index is 1540. The zero-order chi connectivity index (χ0) is 32.6. The van der Waals surface area contributed by atoms with Crippen molar-refractivity contribution in [3.8, 4) is 0 Å². The normalized spacial score (nSPS) is 12.8. The molecule has 240 valence electrons. The van der Waals surface area contributed by atoms with Crippen molar-refractivity contribution in [2.75, 3.05) is 0 Å². The smallest absolute Gasteiger partial charge is 0.0326 e. The van der Waals surface area contributed by atoms with E-state index in [1.807, 2.05) is 0 Å². The lowest BCUT2D eigenvalue weighted by Crippen LogP contribution is -2.37. The van der Waals surface area contributed by atoms with E-state index in [1.54, 1.807) is 0 Å². The molecule has 0 N–H and O–H groups in total. The van der Waals surface area contributed by atoms with Crippen LogP contribution in [-0.4, -0.2) is 21.9 Å². The monoisotopic (exact) mass is 626 g/mol. The van der Waals surface area contributed by atoms with Gasteiger partial charge in [0.25, 0.3) is 0 Å². The summed E-state index contributed by atoms with van der Waals surface area (Å²) in [4.78, 5) is 5.29. The lowest BCUT2D eigenvalue weighted by atomic mass is 9.98. The minimum Gasteiger partial charge on any atom is -0.288 e. The summed E-state index contributed by atoms with van der Waals surface area (Å²) in [5.74, 6) is 0. The Morgan fingerprint density at radius 1 is 0.292 bits per heavy atom. The molecule has 0 saturated carbocycles. The van der Waals surface area contributed by atoms with Crippen molar-refractivity contribution < 1.29 is 0 Å². The molecule has 48 heavy (non-hydrogen) atoms. The molecule has 0 spiro atoms. The molecule has 6 aromatic rings. The Hall–Kier alpha value is -5.02. The van der Waals surface area contributed by atoms with E-state index in [4.69, 9.17) is 0 Å². The van der Waals surface area contributed by atoms with Crippen LogP contribution >= 0.6 is 0 Å². The third kappa shape index (κ3) is 10.2. The maximum Gasteiger partial charge on any atom is 0.0326 e. The minimum atomic E-state index is 0.196. The third-order valence-corrected chi connectivity index (χ3v) is 8.98. The van der Waals surface area contributed by atoms with Gasteiger partial charge in [0, 0.05) is 38.3 Å². The average molecular weight is 627 g/mol. The first kappa shape index (κ1) is 32.9. The number of nitrogens with zero attached hydrogens (tertiary/aromatic N) is 2. The number of benzene rings is 6. The summed E-state index contributed by atoms with van der Waals surface area (Å²) in [5, 5.41) is 0. The molecular weight excluding hydrogens is 581 g/mol. The van der Waals surface area contributed by atoms with Crippen LogP contribution in [0.5, 0.6) is 0 Å². The molecule has 0 bridgehead atoms. The lowest BCUT2D eigenvalue weighted by molar-refractivity contribution is 0.198. The van der Waals surface area contributed by atoms with Gasteiger partial charge in [0.05, 0.1) is 0 Å². The molecular formula is C46H46N2. The van der Waals surface area contributed by atoms with Gasteiger partial charge in [0.2, 0.25) is 0 Å². The summed E-state index contributed by atoms with van der Waals surface area (Å²) in [5.41, 5.74) is 8.02. The summed E-state index contributed by atoms with van der Waals surface area (Å²) in [6.45, 7) is 3.49. The molecule has 0 radical (unpaired) electrons. The van der Waals surface area contributed by atoms with Gasteiger partial charge in [-0.05, 0) is 46.2 Å². The third-order valence-electron chi connectivity index (χ3n) is 8.98. The van der Waals surface area contributed by atoms with Gasteiger partial charge in [-0.25, -0.2) is 0 Å². The van der Waals surface area contributed by atoms with Crippen LogP contribution in [0.2, 0.25) is 0 Å². The molecule has 2 heteroatoms. The van der Waals surface area contributed by atoms with E-state index < -0.39 is 0 Å². The van der Waals surface area contributed by atoms with Gasteiger partial charge in [-0.1, -0.05) is 194 Å². The topological polar surface area (TPSA) is 6.48 Å². The van der Waals surface area contributed by atoms with Crippen molar-refractivity contribution in [2.24, 2.45) is 0 Å². The standard InChI is InChI=1S/C46H46N2/c1-7-19-39(20-8-1)33-45(47(35-41-23-11-3-12-24-41)36-42-25-13-4-14-26-42)31-32-46(34-40-21-9-2-10-22-40)48(37-43-27-15-5-16-28-43)38-44-29-17-6-18-30-44/h1-32,45-46H,33-38H2/b32-31-/t45-,46-/m1/s1. The van der Waals surface area contributed by atoms with Crippen LogP contribution in [0.1, 0.15) is 33.4 Å². The van der Waals surface area contributed by atoms with Crippen molar-refractivity contribution in [1.29, 1.82) is 0 Å². The molecule has 0 aliphatic carbocycles. The Morgan fingerprint density at radius 3 is 0.729 bits per heavy atom. The SMILES string of the molecule is C(=C/[C@H](Cc1ccccc1)N(Cc1ccccc1)Cc1ccccc1)/[C@H](Cc1ccccc1)N(Cc1ccccc1)Cc1ccccc1. The first-order valence-electron chi connectivity index (χ1n) is 17.2. The molecule has 0 unspecified atom stereocenters. The van der Waals surface area contributed by atoms with Crippen LogP contribution in [0.25, 0.3) is 0 Å². The molecule has 6 rings (SSSR count). The predicted molar refractivity (Wildman–Crippen MR) is 201 cm³/mol. The number of rotatable bonds is 16. The molecule has 0 heterocycles. The van der Waals surface area contributed by atoms with Crippen LogP contribution in [0, 0.1) is 0 Å². The summed E-state index contributed by atoms with van der Waals surface area (Å²) < 4.78 is 0. The van der Waals surface area contributed by atoms with Crippen molar-refractivity contribution in [3.63, 3.8) is 0 Å². The van der Waals surface area contributed by atoms with Gasteiger partial charge in [-0.2, -0.15) is 0 Å². The highest BCUT2D eigenvalue weighted by Gasteiger charge is 2.22. The van der Waals surface area contributed by atoms with E-state index >= 15 is 0 Å². The highest BCUT2D eigenvalue weighted by molar-refractivity contribution is 5.24. The van der Waals surface area contributed by atoms with Gasteiger partial charge >= 0.3 is 0 Å². The molecule has 0 fully saturated rings. The molecule has 2 atom stereocenters. The average Bonchev–Trinajstić information content (AvgIpc) is 3.15. The fraction of sp³-hybridized carbons (Fsp3) is 0.174. The van der Waals surface area contributed by atoms with E-state index in [0.717, 1.165) is 39.0 Å². The van der Waals surface area contributed by atoms with Crippen molar-refractivity contribution in [1.82, 2.24) is 9.80 Å². The van der Waals surface area contributed by atoms with Gasteiger partial charge in [-0.3, -0.25) is 9.80 Å². The van der Waals surface area contributed by atoms with E-state index in [-0.39, 0.29) is 12.1 Å². The summed E-state index contributed by atoms with van der Waals surface area (Å²) in [7, 11) is 0. The van der Waals surface area contributed by atoms with Crippen molar-refractivity contribution in [3.05, 3.63) is 228 Å². The number of hydrogen-bond donors (Lipinski definition) is 0. The minimum absolute atomic E-state index is 0.196. The maximum atomic E-state index is 2.65. The van der Waals surface area contributed by atoms with E-state index in [2.05, 4.69) is 204 Å². The van der Waals surface area contributed by atoms with Gasteiger partial charge in [0.1, 0.15) is 0 Å². The first-order valence-corrected chi connectivity index (χ1v) is 17.2. The quantitative estimate of drug-likeness (QED) is 0.0987. The van der Waals surface area contributed by atoms with Crippen LogP contribution in [0.4, 0.5) is 0 Å². The summed E-state index contributed by atoms with van der Waals surface area (Å²) in [6, 6.07) is 66.0. The zero-order valence-corrected chi connectivity index (χ0v) is 27.8. The van der Waals surface area contributed by atoms with Crippen molar-refractivity contribution >= 4 is 0 Å². The fourth-order valence-electron chi connectivity index (χ4n) is 6.46. The van der Waals surface area contributed by atoms with Gasteiger partial charge in [-0.15, -0.1) is 0 Å². The highest BCUT2D eigenvalue weighted by atomic mass is 15.2. The fourth-order valence-corrected chi connectivity index (χ4v) is 6.46. The zero-order valence-electron chi connectivity index (χ0n) is 27.8. The Balaban J connectivity index is 1.39. The van der Waals surface area contributed by atoms with Crippen molar-refractivity contribution in [2.45, 2.75) is 51.1 Å². The molecule has 0 amide bonds. The Kier molecular flexibility index (Phi) is 12.2. The van der Waals surface area contributed by atoms with Gasteiger partial charge < -0.3 is 0 Å². The van der Waals surface area contributed by atoms with Crippen LogP contribution in [-0.2, 0) is 39.0 Å². The van der Waals surface area contributed by atoms with Crippen LogP contribution < -0.4 is 0 Å². The van der Waals surface area contributed by atoms with E-state index in [0.29, 0.717) is 0 Å². The lowest BCUT2D eigenvalue weighted by Gasteiger charge is -2.33. The van der Waals surface area contributed by atoms with Crippen LogP contribution in [0.3, 0.4) is 0 Å². The van der Waals surface area contributed by atoms with Crippen LogP contribution in [0.15, 0.2) is 194 Å². The van der Waals surface area contributed by atoms with Gasteiger partial charge in [0.15, 0.2) is 0 Å². The Labute approximate surface area is 287 Å². The second kappa shape index (κ2) is 17.8. The second-order valence-corrected chi connectivity index (χ2v) is 12.7. The molecule has 0 aliphatic heterocycles. The molecule has 2 nitrogen and oxygen atoms in total.